The molecule has 1 saturated heterocycles. The first kappa shape index (κ1) is 20.3. The fourth-order valence-electron chi connectivity index (χ4n) is 4.08. The zero-order chi connectivity index (χ0) is 19.2. The smallest absolute Gasteiger partial charge is 0.306 e. The molecule has 1 amide bonds. The zero-order valence-electron chi connectivity index (χ0n) is 16.3. The van der Waals surface area contributed by atoms with Crippen molar-refractivity contribution in [1.29, 1.82) is 0 Å². The van der Waals surface area contributed by atoms with Gasteiger partial charge in [-0.25, -0.2) is 0 Å². The first-order chi connectivity index (χ1) is 13.1. The Hall–Kier alpha value is -1.44. The molecule has 0 saturated carbocycles. The minimum absolute atomic E-state index is 0.140. The molecule has 1 fully saturated rings. The zero-order valence-corrected chi connectivity index (χ0v) is 17.1. The van der Waals surface area contributed by atoms with Crippen molar-refractivity contribution in [1.82, 2.24) is 9.80 Å². The van der Waals surface area contributed by atoms with Crippen molar-refractivity contribution in [3.05, 3.63) is 21.9 Å². The summed E-state index contributed by atoms with van der Waals surface area (Å²) in [7, 11) is 1.40. The number of carbonyl (C=O) groups is 2. The third-order valence-corrected chi connectivity index (χ3v) is 6.50. The van der Waals surface area contributed by atoms with Gasteiger partial charge >= 0.3 is 5.97 Å². The number of thiophene rings is 1. The number of amides is 1. The minimum atomic E-state index is -0.243. The summed E-state index contributed by atoms with van der Waals surface area (Å²) >= 11 is 1.79. The number of nitrogens with zero attached hydrogens (tertiary/aromatic N) is 2. The molecule has 2 unspecified atom stereocenters. The number of rotatable bonds is 8. The molecule has 150 valence electrons. The number of esters is 1. The highest BCUT2D eigenvalue weighted by Gasteiger charge is 2.31. The van der Waals surface area contributed by atoms with E-state index < -0.39 is 0 Å². The third-order valence-electron chi connectivity index (χ3n) is 5.51. The molecule has 6 nitrogen and oxygen atoms in total. The number of hydrogen-bond acceptors (Lipinski definition) is 6. The van der Waals surface area contributed by atoms with Crippen molar-refractivity contribution in [2.24, 2.45) is 0 Å². The van der Waals surface area contributed by atoms with Crippen LogP contribution in [-0.4, -0.2) is 67.7 Å². The van der Waals surface area contributed by atoms with Crippen LogP contribution in [0.15, 0.2) is 11.4 Å². The van der Waals surface area contributed by atoms with Gasteiger partial charge in [-0.05, 0) is 42.7 Å². The van der Waals surface area contributed by atoms with Crippen molar-refractivity contribution >= 4 is 23.2 Å². The number of methoxy groups -OCH3 is 1. The maximum Gasteiger partial charge on any atom is 0.306 e. The lowest BCUT2D eigenvalue weighted by Gasteiger charge is -2.37. The van der Waals surface area contributed by atoms with Crippen LogP contribution >= 0.6 is 11.3 Å². The summed E-state index contributed by atoms with van der Waals surface area (Å²) in [6, 6.07) is 2.33. The van der Waals surface area contributed by atoms with Crippen molar-refractivity contribution in [2.45, 2.75) is 51.2 Å². The van der Waals surface area contributed by atoms with E-state index in [2.05, 4.69) is 23.3 Å². The molecule has 1 aromatic rings. The summed E-state index contributed by atoms with van der Waals surface area (Å²) in [5, 5.41) is 2.13. The molecule has 3 heterocycles. The van der Waals surface area contributed by atoms with Gasteiger partial charge < -0.3 is 14.4 Å². The highest BCUT2D eigenvalue weighted by Crippen LogP contribution is 2.35. The van der Waals surface area contributed by atoms with Crippen LogP contribution in [0.4, 0.5) is 0 Å². The number of fused-ring (bicyclic) bond motifs is 1. The molecule has 7 heteroatoms. The highest BCUT2D eigenvalue weighted by atomic mass is 32.1. The van der Waals surface area contributed by atoms with Crippen LogP contribution < -0.4 is 0 Å². The standard InChI is InChI=1S/C20H30N2O4S/c1-3-17-16-8-12-27-18(16)6-10-22(17)19(23)14-21(9-7-20(24)25-2)13-15-5-4-11-26-15/h8,12,15,17H,3-7,9-11,13-14H2,1-2H3. The lowest BCUT2D eigenvalue weighted by molar-refractivity contribution is -0.142. The van der Waals surface area contributed by atoms with Gasteiger partial charge in [-0.1, -0.05) is 6.92 Å². The Bertz CT molecular complexity index is 642. The van der Waals surface area contributed by atoms with E-state index >= 15 is 0 Å². The second-order valence-corrected chi connectivity index (χ2v) is 8.26. The Balaban J connectivity index is 1.64. The van der Waals surface area contributed by atoms with E-state index in [1.165, 1.54) is 17.6 Å². The maximum atomic E-state index is 13.1. The summed E-state index contributed by atoms with van der Waals surface area (Å²) in [6.07, 6.45) is 4.38. The predicted molar refractivity (Wildman–Crippen MR) is 105 cm³/mol. The lowest BCUT2D eigenvalue weighted by atomic mass is 9.97. The van der Waals surface area contributed by atoms with Crippen LogP contribution in [0.25, 0.3) is 0 Å². The van der Waals surface area contributed by atoms with Crippen LogP contribution in [-0.2, 0) is 25.5 Å². The van der Waals surface area contributed by atoms with E-state index in [0.717, 1.165) is 38.8 Å². The fraction of sp³-hybridized carbons (Fsp3) is 0.700. The van der Waals surface area contributed by atoms with Crippen molar-refractivity contribution < 1.29 is 19.1 Å². The monoisotopic (exact) mass is 394 g/mol. The molecule has 0 N–H and O–H groups in total. The molecule has 0 radical (unpaired) electrons. The number of hydrogen-bond donors (Lipinski definition) is 0. The number of carbonyl (C=O) groups excluding carboxylic acids is 2. The minimum Gasteiger partial charge on any atom is -0.469 e. The van der Waals surface area contributed by atoms with Crippen LogP contribution in [0.5, 0.6) is 0 Å². The lowest BCUT2D eigenvalue weighted by Crippen LogP contribution is -2.46. The van der Waals surface area contributed by atoms with Crippen LogP contribution in [0.1, 0.15) is 49.1 Å². The molecule has 2 aliphatic heterocycles. The molecular weight excluding hydrogens is 364 g/mol. The van der Waals surface area contributed by atoms with Gasteiger partial charge in [0.15, 0.2) is 0 Å². The topological polar surface area (TPSA) is 59.1 Å². The van der Waals surface area contributed by atoms with E-state index in [4.69, 9.17) is 9.47 Å². The van der Waals surface area contributed by atoms with Gasteiger partial charge in [0, 0.05) is 31.1 Å². The molecule has 2 atom stereocenters. The van der Waals surface area contributed by atoms with Crippen LogP contribution in [0.3, 0.4) is 0 Å². The van der Waals surface area contributed by atoms with Gasteiger partial charge in [0.25, 0.3) is 0 Å². The van der Waals surface area contributed by atoms with E-state index in [1.54, 1.807) is 11.3 Å². The third kappa shape index (κ3) is 5.09. The molecule has 27 heavy (non-hydrogen) atoms. The van der Waals surface area contributed by atoms with Gasteiger partial charge in [-0.15, -0.1) is 11.3 Å². The SMILES string of the molecule is CCC1c2ccsc2CCN1C(=O)CN(CCC(=O)OC)CC1CCCO1. The van der Waals surface area contributed by atoms with Crippen LogP contribution in [0, 0.1) is 0 Å². The average Bonchev–Trinajstić information content (AvgIpc) is 3.36. The first-order valence-corrected chi connectivity index (χ1v) is 10.8. The van der Waals surface area contributed by atoms with Gasteiger partial charge in [0.2, 0.25) is 5.91 Å². The Labute approximate surface area is 165 Å². The molecular formula is C20H30N2O4S. The second kappa shape index (κ2) is 9.66. The van der Waals surface area contributed by atoms with E-state index in [1.807, 2.05) is 4.90 Å². The first-order valence-electron chi connectivity index (χ1n) is 9.88. The Morgan fingerprint density at radius 2 is 2.30 bits per heavy atom. The van der Waals surface area contributed by atoms with Crippen molar-refractivity contribution in [3.8, 4) is 0 Å². The fourth-order valence-corrected chi connectivity index (χ4v) is 5.01. The van der Waals surface area contributed by atoms with Crippen LogP contribution in [0.2, 0.25) is 0 Å². The highest BCUT2D eigenvalue weighted by molar-refractivity contribution is 7.10. The number of ether oxygens (including phenoxy) is 2. The van der Waals surface area contributed by atoms with Gasteiger partial charge in [-0.3, -0.25) is 14.5 Å². The molecule has 0 bridgehead atoms. The van der Waals surface area contributed by atoms with Gasteiger partial charge in [-0.2, -0.15) is 0 Å². The summed E-state index contributed by atoms with van der Waals surface area (Å²) in [4.78, 5) is 30.2. The largest absolute Gasteiger partial charge is 0.469 e. The average molecular weight is 395 g/mol. The van der Waals surface area contributed by atoms with E-state index in [9.17, 15) is 9.59 Å². The predicted octanol–water partition coefficient (Wildman–Crippen LogP) is 2.63. The molecule has 2 aliphatic rings. The second-order valence-electron chi connectivity index (χ2n) is 7.26. The quantitative estimate of drug-likeness (QED) is 0.635. The molecule has 0 aliphatic carbocycles. The Morgan fingerprint density at radius 1 is 1.44 bits per heavy atom. The summed E-state index contributed by atoms with van der Waals surface area (Å²) < 4.78 is 10.5. The summed E-state index contributed by atoms with van der Waals surface area (Å²) in [5.41, 5.74) is 1.31. The summed E-state index contributed by atoms with van der Waals surface area (Å²) in [5.74, 6) is -0.103. The van der Waals surface area contributed by atoms with E-state index in [-0.39, 0.29) is 24.0 Å². The summed E-state index contributed by atoms with van der Waals surface area (Å²) in [6.45, 7) is 5.24. The molecule has 3 rings (SSSR count). The van der Waals surface area contributed by atoms with Gasteiger partial charge in [0.05, 0.1) is 32.2 Å². The molecule has 1 aromatic heterocycles. The van der Waals surface area contributed by atoms with Gasteiger partial charge in [0.1, 0.15) is 0 Å². The molecule has 0 aromatic carbocycles. The Kier molecular flexibility index (Phi) is 7.26. The van der Waals surface area contributed by atoms with Crippen molar-refractivity contribution in [2.75, 3.05) is 39.9 Å². The Morgan fingerprint density at radius 3 is 3.00 bits per heavy atom. The van der Waals surface area contributed by atoms with E-state index in [0.29, 0.717) is 26.1 Å². The maximum absolute atomic E-state index is 13.1. The van der Waals surface area contributed by atoms with Crippen molar-refractivity contribution in [3.63, 3.8) is 0 Å². The normalized spacial score (nSPS) is 22.1. The molecule has 0 spiro atoms.